The molecule has 0 bridgehead atoms. The molecule has 40 heavy (non-hydrogen) atoms. The quantitative estimate of drug-likeness (QED) is 0.223. The van der Waals surface area contributed by atoms with Gasteiger partial charge in [0.25, 0.3) is 0 Å². The van der Waals surface area contributed by atoms with Gasteiger partial charge in [-0.15, -0.1) is 0 Å². The number of hydrogen-bond donors (Lipinski definition) is 0. The molecule has 3 heterocycles. The van der Waals surface area contributed by atoms with Crippen molar-refractivity contribution in [2.45, 2.75) is 26.7 Å². The molecule has 6 aromatic rings. The Hall–Kier alpha value is -4.84. The van der Waals surface area contributed by atoms with Crippen LogP contribution in [0.5, 0.6) is 0 Å². The second-order valence-electron chi connectivity index (χ2n) is 9.49. The van der Waals surface area contributed by atoms with Gasteiger partial charge in [0, 0.05) is 13.1 Å². The Balaban J connectivity index is 0.00000142. The van der Waals surface area contributed by atoms with Gasteiger partial charge in [-0.3, -0.25) is 0 Å². The molecule has 6 heteroatoms. The molecule has 2 aromatic heterocycles. The molecule has 0 amide bonds. The van der Waals surface area contributed by atoms with E-state index in [1.807, 2.05) is 62.4 Å². The Labute approximate surface area is 235 Å². The standard InChI is InChI=1S/C32H26N6.C2H6/c1-3-11-23(12-4-1)19-21-37-29-31(35-27-17-9-7-15-25(27)33-29)38(22-20-24-13-5-2-6-14-24)32-30(37)34-26-16-8-10-18-28(26)36-32;1-2/h1-18H,19-22H2;1-2H3. The first-order chi connectivity index (χ1) is 19.8. The van der Waals surface area contributed by atoms with E-state index in [4.69, 9.17) is 19.9 Å². The summed E-state index contributed by atoms with van der Waals surface area (Å²) >= 11 is 0. The first-order valence-corrected chi connectivity index (χ1v) is 14.0. The predicted molar refractivity (Wildman–Crippen MR) is 165 cm³/mol. The van der Waals surface area contributed by atoms with Crippen LogP contribution in [-0.4, -0.2) is 33.0 Å². The molecule has 7 rings (SSSR count). The molecule has 0 atom stereocenters. The lowest BCUT2D eigenvalue weighted by Crippen LogP contribution is -2.35. The molecule has 0 N–H and O–H groups in total. The second-order valence-corrected chi connectivity index (χ2v) is 9.49. The smallest absolute Gasteiger partial charge is 0.178 e. The van der Waals surface area contributed by atoms with Crippen molar-refractivity contribution in [3.05, 3.63) is 120 Å². The van der Waals surface area contributed by atoms with Crippen molar-refractivity contribution in [1.82, 2.24) is 19.9 Å². The van der Waals surface area contributed by atoms with E-state index in [1.54, 1.807) is 0 Å². The van der Waals surface area contributed by atoms with Gasteiger partial charge < -0.3 is 9.80 Å². The van der Waals surface area contributed by atoms with Crippen LogP contribution < -0.4 is 9.80 Å². The minimum atomic E-state index is 0.719. The number of benzene rings is 4. The normalized spacial score (nSPS) is 12.1. The Morgan fingerprint density at radius 3 is 0.975 bits per heavy atom. The third-order valence-corrected chi connectivity index (χ3v) is 7.03. The highest BCUT2D eigenvalue weighted by Crippen LogP contribution is 2.45. The maximum absolute atomic E-state index is 5.15. The highest BCUT2D eigenvalue weighted by molar-refractivity contribution is 5.93. The predicted octanol–water partition coefficient (Wildman–Crippen LogP) is 7.67. The van der Waals surface area contributed by atoms with E-state index in [0.29, 0.717) is 0 Å². The Kier molecular flexibility index (Phi) is 7.31. The summed E-state index contributed by atoms with van der Waals surface area (Å²) in [5.74, 6) is 3.30. The summed E-state index contributed by atoms with van der Waals surface area (Å²) in [6, 6.07) is 37.2. The van der Waals surface area contributed by atoms with E-state index in [9.17, 15) is 0 Å². The van der Waals surface area contributed by atoms with Crippen LogP contribution in [-0.2, 0) is 12.8 Å². The Bertz CT molecular complexity index is 1520. The van der Waals surface area contributed by atoms with Crippen molar-refractivity contribution in [2.75, 3.05) is 22.9 Å². The summed E-state index contributed by atoms with van der Waals surface area (Å²) in [5.41, 5.74) is 6.02. The monoisotopic (exact) mass is 524 g/mol. The van der Waals surface area contributed by atoms with E-state index in [1.165, 1.54) is 11.1 Å². The molecule has 0 fully saturated rings. The Morgan fingerprint density at radius 1 is 0.400 bits per heavy atom. The zero-order valence-corrected chi connectivity index (χ0v) is 22.9. The van der Waals surface area contributed by atoms with Gasteiger partial charge in [0.05, 0.1) is 22.1 Å². The lowest BCUT2D eigenvalue weighted by Gasteiger charge is -2.37. The number of hydrogen-bond acceptors (Lipinski definition) is 6. The molecular formula is C34H32N6. The highest BCUT2D eigenvalue weighted by Gasteiger charge is 2.34. The molecule has 6 nitrogen and oxygen atoms in total. The van der Waals surface area contributed by atoms with Crippen LogP contribution in [0.3, 0.4) is 0 Å². The maximum Gasteiger partial charge on any atom is 0.178 e. The molecular weight excluding hydrogens is 492 g/mol. The number of para-hydroxylation sites is 4. The largest absolute Gasteiger partial charge is 0.304 e. The van der Waals surface area contributed by atoms with Gasteiger partial charge in [-0.05, 0) is 48.2 Å². The molecule has 0 radical (unpaired) electrons. The average Bonchev–Trinajstić information content (AvgIpc) is 3.03. The van der Waals surface area contributed by atoms with Crippen molar-refractivity contribution >= 4 is 45.3 Å². The number of nitrogens with zero attached hydrogens (tertiary/aromatic N) is 6. The van der Waals surface area contributed by atoms with Crippen LogP contribution in [0.2, 0.25) is 0 Å². The summed E-state index contributed by atoms with van der Waals surface area (Å²) in [6.45, 7) is 5.44. The van der Waals surface area contributed by atoms with Crippen molar-refractivity contribution < 1.29 is 0 Å². The van der Waals surface area contributed by atoms with Gasteiger partial charge in [-0.1, -0.05) is 98.8 Å². The third kappa shape index (κ3) is 4.96. The van der Waals surface area contributed by atoms with Gasteiger partial charge in [0.1, 0.15) is 0 Å². The van der Waals surface area contributed by atoms with Crippen LogP contribution in [0.4, 0.5) is 23.3 Å². The molecule has 198 valence electrons. The minimum absolute atomic E-state index is 0.719. The fourth-order valence-corrected chi connectivity index (χ4v) is 5.08. The molecule has 1 aliphatic heterocycles. The average molecular weight is 525 g/mol. The lowest BCUT2D eigenvalue weighted by atomic mass is 10.1. The third-order valence-electron chi connectivity index (χ3n) is 7.03. The van der Waals surface area contributed by atoms with Crippen LogP contribution in [0, 0.1) is 0 Å². The maximum atomic E-state index is 5.15. The zero-order chi connectivity index (χ0) is 27.3. The van der Waals surface area contributed by atoms with Crippen molar-refractivity contribution in [2.24, 2.45) is 0 Å². The first-order valence-electron chi connectivity index (χ1n) is 14.0. The fraction of sp³-hybridized carbons (Fsp3) is 0.176. The SMILES string of the molecule is CC.c1ccc(CCN2c3nc4ccccc4nc3N(CCc3ccccc3)c3nc4ccccc4nc32)cc1. The highest BCUT2D eigenvalue weighted by atomic mass is 15.4. The minimum Gasteiger partial charge on any atom is -0.304 e. The van der Waals surface area contributed by atoms with Crippen molar-refractivity contribution in [1.29, 1.82) is 0 Å². The van der Waals surface area contributed by atoms with E-state index >= 15 is 0 Å². The fourth-order valence-electron chi connectivity index (χ4n) is 5.08. The van der Waals surface area contributed by atoms with E-state index in [0.717, 1.165) is 71.3 Å². The summed E-state index contributed by atoms with van der Waals surface area (Å²) in [4.78, 5) is 25.0. The van der Waals surface area contributed by atoms with E-state index in [-0.39, 0.29) is 0 Å². The lowest BCUT2D eigenvalue weighted by molar-refractivity contribution is 0.818. The number of aromatic nitrogens is 4. The number of rotatable bonds is 6. The van der Waals surface area contributed by atoms with E-state index < -0.39 is 0 Å². The number of fused-ring (bicyclic) bond motifs is 4. The van der Waals surface area contributed by atoms with Crippen LogP contribution in [0.15, 0.2) is 109 Å². The summed E-state index contributed by atoms with van der Waals surface area (Å²) in [6.07, 6.45) is 1.71. The van der Waals surface area contributed by atoms with Crippen LogP contribution >= 0.6 is 0 Å². The summed E-state index contributed by atoms with van der Waals surface area (Å²) in [7, 11) is 0. The van der Waals surface area contributed by atoms with Gasteiger partial charge in [0.2, 0.25) is 0 Å². The first kappa shape index (κ1) is 25.4. The topological polar surface area (TPSA) is 58.0 Å². The zero-order valence-electron chi connectivity index (χ0n) is 22.9. The van der Waals surface area contributed by atoms with E-state index in [2.05, 4.69) is 70.5 Å². The van der Waals surface area contributed by atoms with Gasteiger partial charge in [-0.25, -0.2) is 19.9 Å². The van der Waals surface area contributed by atoms with Crippen LogP contribution in [0.1, 0.15) is 25.0 Å². The number of anilines is 4. The molecule has 0 saturated heterocycles. The molecule has 0 aliphatic carbocycles. The Morgan fingerprint density at radius 2 is 0.675 bits per heavy atom. The van der Waals surface area contributed by atoms with Gasteiger partial charge in [0.15, 0.2) is 23.3 Å². The summed E-state index contributed by atoms with van der Waals surface area (Å²) in [5, 5.41) is 0. The molecule has 0 saturated carbocycles. The second kappa shape index (κ2) is 11.5. The van der Waals surface area contributed by atoms with Crippen molar-refractivity contribution in [3.63, 3.8) is 0 Å². The van der Waals surface area contributed by atoms with Crippen LogP contribution in [0.25, 0.3) is 22.1 Å². The van der Waals surface area contributed by atoms with Crippen molar-refractivity contribution in [3.8, 4) is 0 Å². The molecule has 1 aliphatic rings. The summed E-state index contributed by atoms with van der Waals surface area (Å²) < 4.78 is 0. The van der Waals surface area contributed by atoms with Gasteiger partial charge >= 0.3 is 0 Å². The molecule has 0 spiro atoms. The van der Waals surface area contributed by atoms with Gasteiger partial charge in [-0.2, -0.15) is 0 Å². The molecule has 4 aromatic carbocycles. The molecule has 0 unspecified atom stereocenters.